The van der Waals surface area contributed by atoms with Crippen molar-refractivity contribution >= 4 is 5.91 Å². The van der Waals surface area contributed by atoms with Crippen LogP contribution in [0.1, 0.15) is 28.5 Å². The fraction of sp³-hybridized carbons (Fsp3) is 0.261. The number of likely N-dealkylation sites (N-methyl/N-ethyl adjacent to an activating group) is 1. The molecule has 1 unspecified atom stereocenters. The van der Waals surface area contributed by atoms with Crippen LogP contribution in [-0.2, 0) is 6.42 Å². The van der Waals surface area contributed by atoms with Gasteiger partial charge in [-0.25, -0.2) is 4.98 Å². The molecule has 0 aliphatic carbocycles. The Balaban J connectivity index is 1.70. The second-order valence-electron chi connectivity index (χ2n) is 6.90. The average Bonchev–Trinajstić information content (AvgIpc) is 2.74. The number of hydrogen-bond acceptors (Lipinski definition) is 4. The number of nitrogens with zero attached hydrogens (tertiary/aromatic N) is 3. The summed E-state index contributed by atoms with van der Waals surface area (Å²) in [5.41, 5.74) is 4.82. The van der Waals surface area contributed by atoms with Gasteiger partial charge < -0.3 is 9.64 Å². The van der Waals surface area contributed by atoms with Crippen molar-refractivity contribution in [2.75, 3.05) is 14.2 Å². The quantitative estimate of drug-likeness (QED) is 0.649. The summed E-state index contributed by atoms with van der Waals surface area (Å²) in [5.74, 6) is 0.579. The first-order chi connectivity index (χ1) is 13.5. The Morgan fingerprint density at radius 1 is 1.07 bits per heavy atom. The Morgan fingerprint density at radius 3 is 2.39 bits per heavy atom. The molecule has 0 fully saturated rings. The zero-order valence-corrected chi connectivity index (χ0v) is 16.7. The van der Waals surface area contributed by atoms with Gasteiger partial charge in [-0.2, -0.15) is 0 Å². The van der Waals surface area contributed by atoms with Gasteiger partial charge in [0.05, 0.1) is 7.11 Å². The standard InChI is InChI=1S/C23H25N3O2/c1-16-6-5-13-24-21(16)14-17(2)26(3)23(27)19-9-7-18(8-10-19)20-11-12-22(28-4)25-15-20/h5-13,15,17H,14H2,1-4H3. The van der Waals surface area contributed by atoms with E-state index >= 15 is 0 Å². The smallest absolute Gasteiger partial charge is 0.253 e. The number of carbonyl (C=O) groups excluding carboxylic acids is 1. The van der Waals surface area contributed by atoms with E-state index in [0.717, 1.165) is 28.8 Å². The van der Waals surface area contributed by atoms with Crippen molar-refractivity contribution in [2.24, 2.45) is 0 Å². The number of benzene rings is 1. The van der Waals surface area contributed by atoms with E-state index in [1.165, 1.54) is 0 Å². The molecule has 0 aliphatic rings. The number of amides is 1. The van der Waals surface area contributed by atoms with Crippen LogP contribution in [0.2, 0.25) is 0 Å². The monoisotopic (exact) mass is 375 g/mol. The summed E-state index contributed by atoms with van der Waals surface area (Å²) in [4.78, 5) is 23.3. The minimum atomic E-state index is 0.000454. The molecule has 2 heterocycles. The molecule has 0 saturated carbocycles. The van der Waals surface area contributed by atoms with E-state index in [1.54, 1.807) is 24.4 Å². The molecule has 1 amide bonds. The maximum Gasteiger partial charge on any atom is 0.253 e. The Morgan fingerprint density at radius 2 is 1.79 bits per heavy atom. The lowest BCUT2D eigenvalue weighted by atomic mass is 10.0. The minimum absolute atomic E-state index is 0.000454. The Kier molecular flexibility index (Phi) is 6.04. The van der Waals surface area contributed by atoms with Crippen LogP contribution >= 0.6 is 0 Å². The molecule has 0 radical (unpaired) electrons. The molecule has 0 N–H and O–H groups in total. The number of aromatic nitrogens is 2. The molecule has 3 rings (SSSR count). The van der Waals surface area contributed by atoms with Crippen molar-refractivity contribution in [1.82, 2.24) is 14.9 Å². The van der Waals surface area contributed by atoms with Crippen molar-refractivity contribution in [2.45, 2.75) is 26.3 Å². The van der Waals surface area contributed by atoms with Crippen LogP contribution in [0.4, 0.5) is 0 Å². The van der Waals surface area contributed by atoms with Crippen LogP contribution < -0.4 is 4.74 Å². The lowest BCUT2D eigenvalue weighted by Gasteiger charge is -2.25. The molecule has 1 atom stereocenters. The van der Waals surface area contributed by atoms with Gasteiger partial charge in [0.15, 0.2) is 0 Å². The average molecular weight is 375 g/mol. The third-order valence-corrected chi connectivity index (χ3v) is 5.00. The van der Waals surface area contributed by atoms with Crippen LogP contribution in [-0.4, -0.2) is 41.0 Å². The maximum absolute atomic E-state index is 12.9. The molecule has 2 aromatic heterocycles. The van der Waals surface area contributed by atoms with E-state index in [0.29, 0.717) is 11.4 Å². The molecule has 0 spiro atoms. The number of pyridine rings is 2. The van der Waals surface area contributed by atoms with E-state index in [-0.39, 0.29) is 11.9 Å². The second-order valence-corrected chi connectivity index (χ2v) is 6.90. The fourth-order valence-corrected chi connectivity index (χ4v) is 3.03. The molecular formula is C23H25N3O2. The summed E-state index contributed by atoms with van der Waals surface area (Å²) in [6.45, 7) is 4.09. The van der Waals surface area contributed by atoms with E-state index in [9.17, 15) is 4.79 Å². The fourth-order valence-electron chi connectivity index (χ4n) is 3.03. The second kappa shape index (κ2) is 8.65. The predicted octanol–water partition coefficient (Wildman–Crippen LogP) is 4.16. The van der Waals surface area contributed by atoms with Gasteiger partial charge in [0.2, 0.25) is 5.88 Å². The van der Waals surface area contributed by atoms with Gasteiger partial charge in [-0.3, -0.25) is 9.78 Å². The number of rotatable bonds is 6. The van der Waals surface area contributed by atoms with Crippen LogP contribution in [0.3, 0.4) is 0 Å². The van der Waals surface area contributed by atoms with Crippen molar-refractivity contribution in [3.63, 3.8) is 0 Å². The van der Waals surface area contributed by atoms with Crippen LogP contribution in [0, 0.1) is 6.92 Å². The highest BCUT2D eigenvalue weighted by Gasteiger charge is 2.19. The molecular weight excluding hydrogens is 350 g/mol. The third kappa shape index (κ3) is 4.36. The zero-order valence-electron chi connectivity index (χ0n) is 16.7. The molecule has 0 aliphatic heterocycles. The van der Waals surface area contributed by atoms with Gasteiger partial charge in [-0.1, -0.05) is 18.2 Å². The summed E-state index contributed by atoms with van der Waals surface area (Å²) in [6.07, 6.45) is 4.28. The number of hydrogen-bond donors (Lipinski definition) is 0. The summed E-state index contributed by atoms with van der Waals surface area (Å²) >= 11 is 0. The molecule has 1 aromatic carbocycles. The molecule has 28 heavy (non-hydrogen) atoms. The zero-order chi connectivity index (χ0) is 20.1. The van der Waals surface area contributed by atoms with Gasteiger partial charge in [-0.05, 0) is 49.2 Å². The Hall–Kier alpha value is -3.21. The Bertz CT molecular complexity index is 937. The first-order valence-corrected chi connectivity index (χ1v) is 9.27. The summed E-state index contributed by atoms with van der Waals surface area (Å²) in [7, 11) is 3.43. The number of ether oxygens (including phenoxy) is 1. The summed E-state index contributed by atoms with van der Waals surface area (Å²) in [5, 5.41) is 0. The molecule has 144 valence electrons. The molecule has 0 saturated heterocycles. The van der Waals surface area contributed by atoms with E-state index in [1.807, 2.05) is 69.4 Å². The SMILES string of the molecule is COc1ccc(-c2ccc(C(=O)N(C)C(C)Cc3ncccc3C)cc2)cn1. The first kappa shape index (κ1) is 19.5. The normalized spacial score (nSPS) is 11.7. The molecule has 3 aromatic rings. The van der Waals surface area contributed by atoms with E-state index < -0.39 is 0 Å². The van der Waals surface area contributed by atoms with E-state index in [2.05, 4.69) is 9.97 Å². The summed E-state index contributed by atoms with van der Waals surface area (Å²) < 4.78 is 5.09. The maximum atomic E-state index is 12.9. The number of methoxy groups -OCH3 is 1. The predicted molar refractivity (Wildman–Crippen MR) is 110 cm³/mol. The van der Waals surface area contributed by atoms with Crippen molar-refractivity contribution in [3.8, 4) is 17.0 Å². The molecule has 5 heteroatoms. The van der Waals surface area contributed by atoms with E-state index in [4.69, 9.17) is 4.74 Å². The number of carbonyl (C=O) groups is 1. The molecule has 0 bridgehead atoms. The van der Waals surface area contributed by atoms with Crippen molar-refractivity contribution < 1.29 is 9.53 Å². The highest BCUT2D eigenvalue weighted by molar-refractivity contribution is 5.94. The Labute approximate surface area is 166 Å². The lowest BCUT2D eigenvalue weighted by Crippen LogP contribution is -2.36. The highest BCUT2D eigenvalue weighted by atomic mass is 16.5. The van der Waals surface area contributed by atoms with Crippen molar-refractivity contribution in [3.05, 3.63) is 77.7 Å². The van der Waals surface area contributed by atoms with Gasteiger partial charge in [0.1, 0.15) is 0 Å². The van der Waals surface area contributed by atoms with Gasteiger partial charge >= 0.3 is 0 Å². The van der Waals surface area contributed by atoms with Gasteiger partial charge in [0, 0.05) is 54.8 Å². The van der Waals surface area contributed by atoms with Gasteiger partial charge in [0.25, 0.3) is 5.91 Å². The highest BCUT2D eigenvalue weighted by Crippen LogP contribution is 2.21. The first-order valence-electron chi connectivity index (χ1n) is 9.27. The summed E-state index contributed by atoms with van der Waals surface area (Å²) in [6, 6.07) is 15.4. The van der Waals surface area contributed by atoms with Crippen LogP contribution in [0.25, 0.3) is 11.1 Å². The van der Waals surface area contributed by atoms with Gasteiger partial charge in [-0.15, -0.1) is 0 Å². The van der Waals surface area contributed by atoms with Crippen LogP contribution in [0.15, 0.2) is 60.9 Å². The van der Waals surface area contributed by atoms with Crippen LogP contribution in [0.5, 0.6) is 5.88 Å². The topological polar surface area (TPSA) is 55.3 Å². The van der Waals surface area contributed by atoms with Crippen molar-refractivity contribution in [1.29, 1.82) is 0 Å². The lowest BCUT2D eigenvalue weighted by molar-refractivity contribution is 0.0743. The minimum Gasteiger partial charge on any atom is -0.481 e. The largest absolute Gasteiger partial charge is 0.481 e. The number of aryl methyl sites for hydroxylation is 1. The molecule has 5 nitrogen and oxygen atoms in total. The third-order valence-electron chi connectivity index (χ3n) is 5.00.